The van der Waals surface area contributed by atoms with Crippen LogP contribution < -0.4 is 5.32 Å². The topological polar surface area (TPSA) is 64.2 Å². The van der Waals surface area contributed by atoms with Crippen LogP contribution in [0.1, 0.15) is 24.4 Å². The van der Waals surface area contributed by atoms with Gasteiger partial charge in [-0.05, 0) is 39.0 Å². The van der Waals surface area contributed by atoms with Gasteiger partial charge in [0.15, 0.2) is 4.96 Å². The van der Waals surface area contributed by atoms with Crippen LogP contribution in [0.5, 0.6) is 0 Å². The van der Waals surface area contributed by atoms with Crippen LogP contribution in [0, 0.1) is 13.8 Å². The van der Waals surface area contributed by atoms with Gasteiger partial charge in [-0.25, -0.2) is 4.98 Å². The molecule has 3 aromatic heterocycles. The highest BCUT2D eigenvalue weighted by Gasteiger charge is 2.18. The number of aryl methyl sites for hydroxylation is 2. The number of fused-ring (bicyclic) bond motifs is 1. The van der Waals surface area contributed by atoms with Crippen LogP contribution in [0.3, 0.4) is 0 Å². The molecule has 1 aromatic carbocycles. The first-order valence-electron chi connectivity index (χ1n) is 8.37. The number of hydrogen-bond acceptors (Lipinski definition) is 4. The molecule has 6 nitrogen and oxygen atoms in total. The lowest BCUT2D eigenvalue weighted by Gasteiger charge is -2.15. The summed E-state index contributed by atoms with van der Waals surface area (Å²) in [5, 5.41) is 9.39. The van der Waals surface area contributed by atoms with E-state index in [-0.39, 0.29) is 11.9 Å². The molecule has 0 spiro atoms. The molecule has 0 unspecified atom stereocenters. The van der Waals surface area contributed by atoms with E-state index in [1.165, 1.54) is 0 Å². The summed E-state index contributed by atoms with van der Waals surface area (Å²) in [5.41, 5.74) is 4.48. The number of carbonyl (C=O) groups excluding carboxylic acids is 1. The zero-order valence-corrected chi connectivity index (χ0v) is 15.6. The Morgan fingerprint density at radius 3 is 2.85 bits per heavy atom. The summed E-state index contributed by atoms with van der Waals surface area (Å²) in [7, 11) is 0. The highest BCUT2D eigenvalue weighted by molar-refractivity contribution is 7.15. The number of nitrogens with one attached hydrogen (secondary N) is 1. The Morgan fingerprint density at radius 1 is 1.27 bits per heavy atom. The Hall–Kier alpha value is -2.93. The van der Waals surface area contributed by atoms with Crippen LogP contribution in [-0.2, 0) is 4.79 Å². The molecular weight excluding hydrogens is 346 g/mol. The summed E-state index contributed by atoms with van der Waals surface area (Å²) >= 11 is 1.59. The summed E-state index contributed by atoms with van der Waals surface area (Å²) in [6, 6.07) is 9.32. The molecule has 0 aliphatic carbocycles. The molecule has 3 heterocycles. The number of carbonyl (C=O) groups is 1. The number of benzene rings is 1. The van der Waals surface area contributed by atoms with Crippen molar-refractivity contribution in [3.8, 4) is 11.3 Å². The lowest BCUT2D eigenvalue weighted by atomic mass is 10.1. The number of rotatable bonds is 4. The Kier molecular flexibility index (Phi) is 4.08. The van der Waals surface area contributed by atoms with Crippen LogP contribution in [0.25, 0.3) is 16.2 Å². The second-order valence-corrected chi connectivity index (χ2v) is 7.21. The molecule has 26 heavy (non-hydrogen) atoms. The number of anilines is 1. The predicted molar refractivity (Wildman–Crippen MR) is 104 cm³/mol. The zero-order valence-electron chi connectivity index (χ0n) is 14.8. The quantitative estimate of drug-likeness (QED) is 0.593. The van der Waals surface area contributed by atoms with E-state index in [1.54, 1.807) is 16.0 Å². The van der Waals surface area contributed by atoms with Crippen molar-refractivity contribution < 1.29 is 4.79 Å². The fourth-order valence-electron chi connectivity index (χ4n) is 3.02. The molecule has 7 heteroatoms. The maximum atomic E-state index is 12.6. The van der Waals surface area contributed by atoms with Crippen LogP contribution >= 0.6 is 11.3 Å². The molecule has 0 aliphatic rings. The lowest BCUT2D eigenvalue weighted by Crippen LogP contribution is -2.25. The molecule has 4 aromatic rings. The van der Waals surface area contributed by atoms with Gasteiger partial charge in [-0.3, -0.25) is 13.9 Å². The third-order valence-corrected chi connectivity index (χ3v) is 5.08. The minimum atomic E-state index is -0.384. The van der Waals surface area contributed by atoms with Crippen LogP contribution in [0.15, 0.2) is 48.1 Å². The van der Waals surface area contributed by atoms with Gasteiger partial charge in [-0.15, -0.1) is 11.3 Å². The van der Waals surface area contributed by atoms with Crippen molar-refractivity contribution in [2.45, 2.75) is 26.8 Å². The van der Waals surface area contributed by atoms with E-state index in [9.17, 15) is 4.79 Å². The fraction of sp³-hybridized carbons (Fsp3) is 0.211. The van der Waals surface area contributed by atoms with Gasteiger partial charge >= 0.3 is 0 Å². The van der Waals surface area contributed by atoms with Crippen LogP contribution in [0.4, 0.5) is 5.69 Å². The summed E-state index contributed by atoms with van der Waals surface area (Å²) in [4.78, 5) is 18.2. The summed E-state index contributed by atoms with van der Waals surface area (Å²) in [5.74, 6) is -0.0980. The standard InChI is InChI=1S/C19H19N5OS/c1-12-9-13(2)24(22-12)14(3)18(25)20-16-6-4-5-15(10-16)17-11-23-7-8-26-19(23)21-17/h4-11,14H,1-3H3,(H,20,25)/t14-/m0/s1. The Balaban J connectivity index is 1.55. The fourth-order valence-corrected chi connectivity index (χ4v) is 3.72. The van der Waals surface area contributed by atoms with Gasteiger partial charge in [0.2, 0.25) is 5.91 Å². The molecule has 0 fully saturated rings. The number of hydrogen-bond donors (Lipinski definition) is 1. The maximum Gasteiger partial charge on any atom is 0.248 e. The first-order valence-corrected chi connectivity index (χ1v) is 9.25. The van der Waals surface area contributed by atoms with Crippen molar-refractivity contribution in [1.82, 2.24) is 19.2 Å². The van der Waals surface area contributed by atoms with Crippen molar-refractivity contribution in [2.24, 2.45) is 0 Å². The molecule has 0 bridgehead atoms. The highest BCUT2D eigenvalue weighted by atomic mass is 32.1. The molecule has 4 rings (SSSR count). The molecular formula is C19H19N5OS. The maximum absolute atomic E-state index is 12.6. The second kappa shape index (κ2) is 6.42. The van der Waals surface area contributed by atoms with Gasteiger partial charge in [0, 0.05) is 34.7 Å². The predicted octanol–water partition coefficient (Wildman–Crippen LogP) is 4.08. The van der Waals surface area contributed by atoms with E-state index in [4.69, 9.17) is 0 Å². The average molecular weight is 365 g/mol. The second-order valence-electron chi connectivity index (χ2n) is 6.34. The molecule has 1 N–H and O–H groups in total. The van der Waals surface area contributed by atoms with Crippen molar-refractivity contribution >= 4 is 27.9 Å². The van der Waals surface area contributed by atoms with E-state index in [2.05, 4.69) is 15.4 Å². The summed E-state index contributed by atoms with van der Waals surface area (Å²) in [6.45, 7) is 5.73. The molecule has 0 saturated carbocycles. The normalized spacial score (nSPS) is 12.4. The minimum Gasteiger partial charge on any atom is -0.324 e. The third-order valence-electron chi connectivity index (χ3n) is 4.31. The van der Waals surface area contributed by atoms with E-state index < -0.39 is 0 Å². The molecule has 0 saturated heterocycles. The van der Waals surface area contributed by atoms with Crippen molar-refractivity contribution in [3.63, 3.8) is 0 Å². The monoisotopic (exact) mass is 365 g/mol. The Labute approximate surface area is 155 Å². The van der Waals surface area contributed by atoms with Gasteiger partial charge in [0.25, 0.3) is 0 Å². The highest BCUT2D eigenvalue weighted by Crippen LogP contribution is 2.24. The van der Waals surface area contributed by atoms with Gasteiger partial charge < -0.3 is 5.32 Å². The molecule has 1 atom stereocenters. The molecule has 132 valence electrons. The number of thiazole rings is 1. The summed E-state index contributed by atoms with van der Waals surface area (Å²) < 4.78 is 3.74. The van der Waals surface area contributed by atoms with Crippen molar-refractivity contribution in [3.05, 3.63) is 59.5 Å². The largest absolute Gasteiger partial charge is 0.324 e. The van der Waals surface area contributed by atoms with E-state index in [0.717, 1.165) is 33.3 Å². The van der Waals surface area contributed by atoms with Crippen molar-refractivity contribution in [2.75, 3.05) is 5.32 Å². The van der Waals surface area contributed by atoms with E-state index in [1.807, 2.05) is 73.3 Å². The smallest absolute Gasteiger partial charge is 0.248 e. The number of amides is 1. The van der Waals surface area contributed by atoms with Crippen molar-refractivity contribution in [1.29, 1.82) is 0 Å². The SMILES string of the molecule is Cc1cc(C)n([C@@H](C)C(=O)Nc2cccc(-c3cn4ccsc4n3)c2)n1. The van der Waals surface area contributed by atoms with E-state index in [0.29, 0.717) is 0 Å². The zero-order chi connectivity index (χ0) is 18.3. The van der Waals surface area contributed by atoms with Crippen LogP contribution in [-0.4, -0.2) is 25.1 Å². The molecule has 1 amide bonds. The Bertz CT molecular complexity index is 1060. The third kappa shape index (κ3) is 3.01. The molecule has 0 radical (unpaired) electrons. The number of nitrogens with zero attached hydrogens (tertiary/aromatic N) is 4. The van der Waals surface area contributed by atoms with Crippen LogP contribution in [0.2, 0.25) is 0 Å². The number of imidazole rings is 1. The van der Waals surface area contributed by atoms with Gasteiger partial charge in [0.1, 0.15) is 6.04 Å². The van der Waals surface area contributed by atoms with Gasteiger partial charge in [-0.1, -0.05) is 12.1 Å². The summed E-state index contributed by atoms with van der Waals surface area (Å²) in [6.07, 6.45) is 3.98. The van der Waals surface area contributed by atoms with E-state index >= 15 is 0 Å². The molecule has 0 aliphatic heterocycles. The average Bonchev–Trinajstić information content (AvgIpc) is 3.28. The van der Waals surface area contributed by atoms with Gasteiger partial charge in [0.05, 0.1) is 11.4 Å². The minimum absolute atomic E-state index is 0.0980. The van der Waals surface area contributed by atoms with Gasteiger partial charge in [-0.2, -0.15) is 5.10 Å². The number of aromatic nitrogens is 4. The first kappa shape index (κ1) is 16.5. The Morgan fingerprint density at radius 2 is 2.12 bits per heavy atom. The first-order chi connectivity index (χ1) is 12.5. The lowest BCUT2D eigenvalue weighted by molar-refractivity contribution is -0.119.